The van der Waals surface area contributed by atoms with Gasteiger partial charge >= 0.3 is 0 Å². The lowest BCUT2D eigenvalue weighted by molar-refractivity contribution is 0.353. The Bertz CT molecular complexity index is 1250. The van der Waals surface area contributed by atoms with E-state index in [0.29, 0.717) is 54.3 Å². The molecule has 3 aromatic rings. The van der Waals surface area contributed by atoms with Gasteiger partial charge in [0, 0.05) is 40.9 Å². The predicted octanol–water partition coefficient (Wildman–Crippen LogP) is 6.99. The Morgan fingerprint density at radius 1 is 1.09 bits per heavy atom. The fourth-order valence-corrected chi connectivity index (χ4v) is 4.96. The highest BCUT2D eigenvalue weighted by Gasteiger charge is 2.34. The zero-order valence-corrected chi connectivity index (χ0v) is 20.9. The molecule has 0 saturated heterocycles. The van der Waals surface area contributed by atoms with Crippen molar-refractivity contribution in [2.24, 2.45) is 0 Å². The maximum atomic E-state index is 14.4. The molecule has 35 heavy (non-hydrogen) atoms. The number of methoxy groups -OCH3 is 2. The highest BCUT2D eigenvalue weighted by molar-refractivity contribution is 6.31. The molecule has 1 aliphatic heterocycles. The summed E-state index contributed by atoms with van der Waals surface area (Å²) in [5.41, 5.74) is 2.00. The van der Waals surface area contributed by atoms with Crippen molar-refractivity contribution in [3.63, 3.8) is 0 Å². The lowest BCUT2D eigenvalue weighted by atomic mass is 9.75. The number of rotatable bonds is 6. The third-order valence-corrected chi connectivity index (χ3v) is 7.09. The van der Waals surface area contributed by atoms with E-state index < -0.39 is 5.41 Å². The summed E-state index contributed by atoms with van der Waals surface area (Å²) in [6.45, 7) is 2.58. The van der Waals surface area contributed by atoms with Crippen molar-refractivity contribution in [1.29, 1.82) is 0 Å². The van der Waals surface area contributed by atoms with Gasteiger partial charge in [-0.25, -0.2) is 13.8 Å². The van der Waals surface area contributed by atoms with E-state index in [4.69, 9.17) is 26.1 Å². The van der Waals surface area contributed by atoms with Crippen LogP contribution >= 0.6 is 11.6 Å². The fourth-order valence-electron chi connectivity index (χ4n) is 4.70. The lowest BCUT2D eigenvalue weighted by Crippen LogP contribution is -2.28. The number of allylic oxidation sites excluding steroid dienone is 4. The molecule has 1 aliphatic rings. The molecule has 4 nitrogen and oxygen atoms in total. The molecular formula is C28H29ClF2N2O2. The molecule has 0 radical (unpaired) electrons. The van der Waals surface area contributed by atoms with E-state index in [1.807, 2.05) is 24.4 Å². The van der Waals surface area contributed by atoms with Crippen LogP contribution in [0.25, 0.3) is 0 Å². The number of hydrogen-bond acceptors (Lipinski definition) is 3. The first-order valence-electron chi connectivity index (χ1n) is 11.6. The highest BCUT2D eigenvalue weighted by Crippen LogP contribution is 2.41. The Labute approximate surface area is 209 Å². The molecule has 0 bridgehead atoms. The molecule has 1 unspecified atom stereocenters. The van der Waals surface area contributed by atoms with Gasteiger partial charge < -0.3 is 14.0 Å². The first-order valence-corrected chi connectivity index (χ1v) is 12.0. The van der Waals surface area contributed by atoms with E-state index in [1.165, 1.54) is 12.1 Å². The molecule has 1 aromatic heterocycles. The summed E-state index contributed by atoms with van der Waals surface area (Å²) in [7, 11) is 3.21. The Balaban J connectivity index is 1.78. The molecule has 0 N–H and O–H groups in total. The minimum atomic E-state index is -0.484. The van der Waals surface area contributed by atoms with Gasteiger partial charge in [-0.05, 0) is 68.2 Å². The predicted molar refractivity (Wildman–Crippen MR) is 135 cm³/mol. The van der Waals surface area contributed by atoms with E-state index in [-0.39, 0.29) is 11.6 Å². The van der Waals surface area contributed by atoms with Crippen molar-refractivity contribution in [3.05, 3.63) is 100 Å². The van der Waals surface area contributed by atoms with E-state index in [1.54, 1.807) is 38.5 Å². The monoisotopic (exact) mass is 498 g/mol. The van der Waals surface area contributed by atoms with Gasteiger partial charge in [0.1, 0.15) is 17.5 Å². The van der Waals surface area contributed by atoms with E-state index in [2.05, 4.69) is 11.5 Å². The SMILES string of the molecule is COc1ccc(C2(C)CC/C=C(F)\C=C/Cn3c2cnc3CCc2c(F)cccc2Cl)cc1OC. The Hall–Kier alpha value is -3.12. The maximum Gasteiger partial charge on any atom is 0.161 e. The summed E-state index contributed by atoms with van der Waals surface area (Å²) >= 11 is 6.25. The molecule has 2 aromatic carbocycles. The third-order valence-electron chi connectivity index (χ3n) is 6.73. The van der Waals surface area contributed by atoms with Gasteiger partial charge in [-0.1, -0.05) is 29.8 Å². The second-order valence-electron chi connectivity index (χ2n) is 8.80. The third kappa shape index (κ3) is 5.13. The summed E-state index contributed by atoms with van der Waals surface area (Å²) < 4.78 is 41.8. The number of aryl methyl sites for hydroxylation is 1. The molecule has 2 heterocycles. The summed E-state index contributed by atoms with van der Waals surface area (Å²) in [5.74, 6) is 1.48. The Morgan fingerprint density at radius 2 is 1.89 bits per heavy atom. The number of fused-ring (bicyclic) bond motifs is 1. The summed E-state index contributed by atoms with van der Waals surface area (Å²) in [6, 6.07) is 10.6. The average molecular weight is 499 g/mol. The molecule has 0 amide bonds. The number of ether oxygens (including phenoxy) is 2. The maximum absolute atomic E-state index is 14.4. The second kappa shape index (κ2) is 10.6. The number of aromatic nitrogens is 2. The van der Waals surface area contributed by atoms with E-state index in [0.717, 1.165) is 17.1 Å². The van der Waals surface area contributed by atoms with Crippen LogP contribution in [-0.2, 0) is 24.8 Å². The van der Waals surface area contributed by atoms with Crippen LogP contribution in [0, 0.1) is 5.82 Å². The van der Waals surface area contributed by atoms with Crippen LogP contribution in [-0.4, -0.2) is 23.8 Å². The molecule has 0 aliphatic carbocycles. The van der Waals surface area contributed by atoms with Gasteiger partial charge in [0.15, 0.2) is 11.5 Å². The Morgan fingerprint density at radius 3 is 2.63 bits per heavy atom. The van der Waals surface area contributed by atoms with Crippen molar-refractivity contribution in [3.8, 4) is 11.5 Å². The van der Waals surface area contributed by atoms with Gasteiger partial charge in [0.05, 0.1) is 14.2 Å². The molecular weight excluding hydrogens is 470 g/mol. The number of benzene rings is 2. The highest BCUT2D eigenvalue weighted by atomic mass is 35.5. The van der Waals surface area contributed by atoms with Gasteiger partial charge in [-0.3, -0.25) is 0 Å². The number of nitrogens with zero attached hydrogens (tertiary/aromatic N) is 2. The number of hydrogen-bond donors (Lipinski definition) is 0. The van der Waals surface area contributed by atoms with Crippen molar-refractivity contribution < 1.29 is 18.3 Å². The molecule has 1 atom stereocenters. The molecule has 184 valence electrons. The molecule has 0 saturated carbocycles. The normalized spacial score (nSPS) is 20.5. The van der Waals surface area contributed by atoms with Crippen LogP contribution in [0.15, 0.2) is 66.6 Å². The first kappa shape index (κ1) is 25.0. The zero-order valence-electron chi connectivity index (χ0n) is 20.2. The van der Waals surface area contributed by atoms with Crippen LogP contribution in [0.4, 0.5) is 8.78 Å². The lowest BCUT2D eigenvalue weighted by Gasteiger charge is -2.32. The standard InChI is InChI=1S/C28H29ClF2N2O2/c1-28(19-11-13-24(34-2)25(17-19)35-3)15-5-7-20(30)8-6-16-33-26(28)18-32-27(33)14-12-21-22(29)9-4-10-23(21)31/h4,6-11,13,17-18H,5,12,14-16H2,1-3H3/b8-6-,20-7+. The van der Waals surface area contributed by atoms with Gasteiger partial charge in [0.2, 0.25) is 0 Å². The van der Waals surface area contributed by atoms with Gasteiger partial charge in [-0.2, -0.15) is 0 Å². The van der Waals surface area contributed by atoms with Crippen LogP contribution < -0.4 is 9.47 Å². The minimum Gasteiger partial charge on any atom is -0.493 e. The number of halogens is 3. The van der Waals surface area contributed by atoms with Crippen LogP contribution in [0.2, 0.25) is 5.02 Å². The first-order chi connectivity index (χ1) is 16.9. The van der Waals surface area contributed by atoms with E-state index in [9.17, 15) is 8.78 Å². The summed E-state index contributed by atoms with van der Waals surface area (Å²) in [4.78, 5) is 4.73. The smallest absolute Gasteiger partial charge is 0.161 e. The van der Waals surface area contributed by atoms with Crippen LogP contribution in [0.1, 0.15) is 42.4 Å². The fraction of sp³-hybridized carbons (Fsp3) is 0.321. The van der Waals surface area contributed by atoms with Crippen molar-refractivity contribution in [2.75, 3.05) is 14.2 Å². The molecule has 0 fully saturated rings. The van der Waals surface area contributed by atoms with Crippen LogP contribution in [0.3, 0.4) is 0 Å². The largest absolute Gasteiger partial charge is 0.493 e. The van der Waals surface area contributed by atoms with Gasteiger partial charge in [-0.15, -0.1) is 0 Å². The number of imidazole rings is 1. The van der Waals surface area contributed by atoms with Crippen molar-refractivity contribution in [2.45, 2.75) is 44.6 Å². The van der Waals surface area contributed by atoms with Crippen molar-refractivity contribution in [1.82, 2.24) is 9.55 Å². The molecule has 7 heteroatoms. The summed E-state index contributed by atoms with van der Waals surface area (Å²) in [6.07, 6.45) is 8.88. The van der Waals surface area contributed by atoms with Gasteiger partial charge in [0.25, 0.3) is 0 Å². The topological polar surface area (TPSA) is 36.3 Å². The van der Waals surface area contributed by atoms with E-state index >= 15 is 0 Å². The molecule has 0 spiro atoms. The second-order valence-corrected chi connectivity index (χ2v) is 9.21. The molecule has 4 rings (SSSR count). The minimum absolute atomic E-state index is 0.261. The summed E-state index contributed by atoms with van der Waals surface area (Å²) in [5, 5.41) is 0.403. The zero-order chi connectivity index (χ0) is 25.0. The quantitative estimate of drug-likeness (QED) is 0.367. The average Bonchev–Trinajstić information content (AvgIpc) is 3.26. The van der Waals surface area contributed by atoms with Crippen LogP contribution in [0.5, 0.6) is 11.5 Å². The Kier molecular flexibility index (Phi) is 7.60. The van der Waals surface area contributed by atoms with Crippen molar-refractivity contribution >= 4 is 11.6 Å².